The summed E-state index contributed by atoms with van der Waals surface area (Å²) >= 11 is 0. The fourth-order valence-electron chi connectivity index (χ4n) is 3.00. The number of halogens is 3. The highest BCUT2D eigenvalue weighted by Crippen LogP contribution is 2.22. The molecule has 3 aromatic rings. The third-order valence-corrected chi connectivity index (χ3v) is 6.05. The molecule has 0 radical (unpaired) electrons. The molecule has 0 bridgehead atoms. The van der Waals surface area contributed by atoms with Crippen molar-refractivity contribution in [2.75, 3.05) is 13.2 Å². The maximum Gasteiger partial charge on any atom is 0.321 e. The smallest absolute Gasteiger partial charge is 0.321 e. The zero-order valence-corrected chi connectivity index (χ0v) is 18.3. The minimum absolute atomic E-state index is 0.436. The van der Waals surface area contributed by atoms with E-state index < -0.39 is 63.4 Å². The van der Waals surface area contributed by atoms with Crippen LogP contribution in [0.5, 0.6) is 0 Å². The van der Waals surface area contributed by atoms with Gasteiger partial charge in [-0.25, -0.2) is 21.6 Å². The average Bonchev–Trinajstić information content (AvgIpc) is 2.84. The van der Waals surface area contributed by atoms with Crippen molar-refractivity contribution in [2.24, 2.45) is 0 Å². The molecule has 7 nitrogen and oxygen atoms in total. The van der Waals surface area contributed by atoms with Crippen molar-refractivity contribution in [1.29, 1.82) is 0 Å². The number of esters is 1. The van der Waals surface area contributed by atoms with Crippen LogP contribution in [0.2, 0.25) is 0 Å². The number of amides is 1. The highest BCUT2D eigenvalue weighted by molar-refractivity contribution is 7.89. The van der Waals surface area contributed by atoms with Crippen LogP contribution in [0.15, 0.2) is 77.7 Å². The molecule has 0 saturated carbocycles. The Morgan fingerprint density at radius 3 is 1.94 bits per heavy atom. The van der Waals surface area contributed by atoms with Crippen molar-refractivity contribution in [3.63, 3.8) is 0 Å². The van der Waals surface area contributed by atoms with Gasteiger partial charge in [0.25, 0.3) is 5.91 Å². The minimum Gasteiger partial charge on any atom is -0.455 e. The summed E-state index contributed by atoms with van der Waals surface area (Å²) in [6.07, 6.45) is 0. The van der Waals surface area contributed by atoms with Crippen LogP contribution in [0, 0.1) is 17.5 Å². The molecule has 0 saturated heterocycles. The van der Waals surface area contributed by atoms with E-state index in [0.29, 0.717) is 12.1 Å². The van der Waals surface area contributed by atoms with E-state index in [1.165, 1.54) is 0 Å². The normalized spacial score (nSPS) is 11.3. The van der Waals surface area contributed by atoms with Gasteiger partial charge in [-0.2, -0.15) is 4.72 Å². The van der Waals surface area contributed by atoms with Gasteiger partial charge in [0.1, 0.15) is 11.4 Å². The van der Waals surface area contributed by atoms with Crippen LogP contribution < -0.4 is 10.0 Å². The molecule has 3 aromatic carbocycles. The van der Waals surface area contributed by atoms with Gasteiger partial charge >= 0.3 is 5.97 Å². The van der Waals surface area contributed by atoms with Crippen molar-refractivity contribution in [3.8, 4) is 0 Å². The third-order valence-electron chi connectivity index (χ3n) is 4.63. The predicted octanol–water partition coefficient (Wildman–Crippen LogP) is 2.83. The van der Waals surface area contributed by atoms with Crippen molar-refractivity contribution in [2.45, 2.75) is 10.9 Å². The lowest BCUT2D eigenvalue weighted by atomic mass is 9.99. The van der Waals surface area contributed by atoms with E-state index in [0.717, 1.165) is 11.1 Å². The van der Waals surface area contributed by atoms with E-state index in [2.05, 4.69) is 5.32 Å². The van der Waals surface area contributed by atoms with Gasteiger partial charge in [-0.1, -0.05) is 60.7 Å². The zero-order valence-electron chi connectivity index (χ0n) is 17.5. The Balaban J connectivity index is 1.58. The molecular formula is C23H19F3N2O5S. The molecule has 0 unspecified atom stereocenters. The lowest BCUT2D eigenvalue weighted by Crippen LogP contribution is -2.36. The molecule has 11 heteroatoms. The molecule has 34 heavy (non-hydrogen) atoms. The van der Waals surface area contributed by atoms with Crippen LogP contribution >= 0.6 is 0 Å². The number of ether oxygens (including phenoxy) is 1. The Labute approximate surface area is 193 Å². The molecule has 0 atom stereocenters. The van der Waals surface area contributed by atoms with Crippen molar-refractivity contribution in [1.82, 2.24) is 10.0 Å². The third kappa shape index (κ3) is 6.21. The second-order valence-electron chi connectivity index (χ2n) is 6.98. The molecule has 178 valence electrons. The summed E-state index contributed by atoms with van der Waals surface area (Å²) in [4.78, 5) is 23.1. The first kappa shape index (κ1) is 24.9. The summed E-state index contributed by atoms with van der Waals surface area (Å²) in [6, 6.07) is 18.6. The van der Waals surface area contributed by atoms with Crippen LogP contribution in [0.1, 0.15) is 17.2 Å². The Hall–Kier alpha value is -3.70. The molecule has 3 rings (SSSR count). The van der Waals surface area contributed by atoms with Gasteiger partial charge in [0, 0.05) is 0 Å². The summed E-state index contributed by atoms with van der Waals surface area (Å²) in [5.41, 5.74) is 1.57. The Kier molecular flexibility index (Phi) is 8.03. The van der Waals surface area contributed by atoms with Crippen LogP contribution in [0.4, 0.5) is 13.2 Å². The number of hydrogen-bond acceptors (Lipinski definition) is 5. The topological polar surface area (TPSA) is 102 Å². The first-order valence-electron chi connectivity index (χ1n) is 9.87. The summed E-state index contributed by atoms with van der Waals surface area (Å²) in [7, 11) is -4.69. The number of hydrogen-bond donors (Lipinski definition) is 2. The molecule has 0 aliphatic rings. The van der Waals surface area contributed by atoms with Gasteiger partial charge in [-0.05, 0) is 23.3 Å². The largest absolute Gasteiger partial charge is 0.455 e. The lowest BCUT2D eigenvalue weighted by Gasteiger charge is -2.20. The Bertz CT molecular complexity index is 1230. The van der Waals surface area contributed by atoms with Gasteiger partial charge in [0.05, 0.1) is 6.04 Å². The molecule has 0 heterocycles. The number of carbonyl (C=O) groups is 2. The molecule has 0 aliphatic carbocycles. The molecular weight excluding hydrogens is 473 g/mol. The maximum atomic E-state index is 13.7. The van der Waals surface area contributed by atoms with Crippen molar-refractivity contribution < 1.29 is 35.9 Å². The van der Waals surface area contributed by atoms with Gasteiger partial charge in [-0.15, -0.1) is 0 Å². The highest BCUT2D eigenvalue weighted by Gasteiger charge is 2.25. The fourth-order valence-corrected chi connectivity index (χ4v) is 4.03. The Morgan fingerprint density at radius 2 is 1.38 bits per heavy atom. The molecule has 0 aliphatic heterocycles. The number of carbonyl (C=O) groups excluding carboxylic acids is 2. The molecule has 0 fully saturated rings. The molecule has 0 aromatic heterocycles. The number of nitrogens with one attached hydrogen (secondary N) is 2. The van der Waals surface area contributed by atoms with E-state index >= 15 is 0 Å². The zero-order chi connectivity index (χ0) is 24.7. The highest BCUT2D eigenvalue weighted by atomic mass is 32.2. The van der Waals surface area contributed by atoms with Crippen LogP contribution in [-0.4, -0.2) is 33.4 Å². The van der Waals surface area contributed by atoms with Crippen LogP contribution in [0.3, 0.4) is 0 Å². The monoisotopic (exact) mass is 492 g/mol. The van der Waals surface area contributed by atoms with E-state index in [1.807, 2.05) is 36.4 Å². The van der Waals surface area contributed by atoms with E-state index in [4.69, 9.17) is 4.74 Å². The summed E-state index contributed by atoms with van der Waals surface area (Å²) in [5.74, 6) is -7.24. The predicted molar refractivity (Wildman–Crippen MR) is 115 cm³/mol. The summed E-state index contributed by atoms with van der Waals surface area (Å²) in [6.45, 7) is -1.68. The summed E-state index contributed by atoms with van der Waals surface area (Å²) < 4.78 is 70.7. The summed E-state index contributed by atoms with van der Waals surface area (Å²) in [5, 5.41) is 2.74. The molecule has 1 amide bonds. The van der Waals surface area contributed by atoms with Gasteiger partial charge in [-0.3, -0.25) is 9.59 Å². The number of rotatable bonds is 9. The standard InChI is InChI=1S/C23H19F3N2O5S/c24-17-11-12-18(22(26)21(17)25)34(31,32)27-13-20(30)33-14-19(29)28-23(15-7-3-1-4-8-15)16-9-5-2-6-10-16/h1-12,23,27H,13-14H2,(H,28,29). The molecule has 2 N–H and O–H groups in total. The fraction of sp³-hybridized carbons (Fsp3) is 0.130. The minimum atomic E-state index is -4.69. The second-order valence-corrected chi connectivity index (χ2v) is 8.72. The van der Waals surface area contributed by atoms with Crippen LogP contribution in [0.25, 0.3) is 0 Å². The van der Waals surface area contributed by atoms with Crippen molar-refractivity contribution >= 4 is 21.9 Å². The van der Waals surface area contributed by atoms with E-state index in [-0.39, 0.29) is 0 Å². The number of benzene rings is 3. The van der Waals surface area contributed by atoms with Crippen LogP contribution in [-0.2, 0) is 24.3 Å². The maximum absolute atomic E-state index is 13.7. The second kappa shape index (κ2) is 10.9. The lowest BCUT2D eigenvalue weighted by molar-refractivity contribution is -0.147. The van der Waals surface area contributed by atoms with E-state index in [9.17, 15) is 31.2 Å². The van der Waals surface area contributed by atoms with Gasteiger partial charge in [0.2, 0.25) is 10.0 Å². The van der Waals surface area contributed by atoms with Gasteiger partial charge < -0.3 is 10.1 Å². The Morgan fingerprint density at radius 1 is 0.824 bits per heavy atom. The van der Waals surface area contributed by atoms with Crippen molar-refractivity contribution in [3.05, 3.63) is 101 Å². The average molecular weight is 492 g/mol. The SMILES string of the molecule is O=C(COC(=O)CNS(=O)(=O)c1ccc(F)c(F)c1F)NC(c1ccccc1)c1ccccc1. The quantitative estimate of drug-likeness (QED) is 0.353. The van der Waals surface area contributed by atoms with E-state index in [1.54, 1.807) is 29.0 Å². The first-order chi connectivity index (χ1) is 16.2. The number of sulfonamides is 1. The molecule has 0 spiro atoms. The first-order valence-corrected chi connectivity index (χ1v) is 11.4. The van der Waals surface area contributed by atoms with Gasteiger partial charge in [0.15, 0.2) is 24.1 Å².